The standard InChI is InChI=1S/C7H8O2S.Na/c8-10(9)6-7-4-2-1-3-5-7;/h1-5H,6H2,(H,8,9);/q;+1/p-1. The second kappa shape index (κ2) is 5.91. The van der Waals surface area contributed by atoms with Gasteiger partial charge in [0.1, 0.15) is 0 Å². The summed E-state index contributed by atoms with van der Waals surface area (Å²) in [5.74, 6) is 0.112. The molecule has 0 spiro atoms. The Morgan fingerprint density at radius 3 is 2.27 bits per heavy atom. The molecule has 0 fully saturated rings. The van der Waals surface area contributed by atoms with Gasteiger partial charge in [-0.25, -0.2) is 0 Å². The van der Waals surface area contributed by atoms with E-state index in [9.17, 15) is 8.76 Å². The molecule has 1 aromatic rings. The molecule has 0 saturated carbocycles. The molecule has 0 heterocycles. The molecular formula is C7H7NaO2S. The number of benzene rings is 1. The minimum absolute atomic E-state index is 0. The van der Waals surface area contributed by atoms with Crippen LogP contribution in [0.4, 0.5) is 0 Å². The maximum atomic E-state index is 10.2. The van der Waals surface area contributed by atoms with Crippen LogP contribution in [-0.4, -0.2) is 8.76 Å². The van der Waals surface area contributed by atoms with Gasteiger partial charge in [0, 0.05) is 5.75 Å². The second-order valence-electron chi connectivity index (χ2n) is 1.93. The average molecular weight is 178 g/mol. The first kappa shape index (κ1) is 11.3. The van der Waals surface area contributed by atoms with E-state index in [2.05, 4.69) is 0 Å². The van der Waals surface area contributed by atoms with E-state index in [1.165, 1.54) is 0 Å². The summed E-state index contributed by atoms with van der Waals surface area (Å²) in [4.78, 5) is 0. The van der Waals surface area contributed by atoms with Crippen LogP contribution in [0.2, 0.25) is 0 Å². The van der Waals surface area contributed by atoms with Crippen LogP contribution >= 0.6 is 0 Å². The van der Waals surface area contributed by atoms with Crippen LogP contribution in [0.25, 0.3) is 0 Å². The largest absolute Gasteiger partial charge is 1.00 e. The Hall–Kier alpha value is 0.330. The van der Waals surface area contributed by atoms with Crippen molar-refractivity contribution < 1.29 is 38.3 Å². The SMILES string of the molecule is O=S([O-])Cc1ccccc1.[Na+]. The molecule has 0 aromatic heterocycles. The number of hydrogen-bond donors (Lipinski definition) is 0. The smallest absolute Gasteiger partial charge is 0.772 e. The normalized spacial score (nSPS) is 11.7. The average Bonchev–Trinajstić information content (AvgIpc) is 1.88. The van der Waals surface area contributed by atoms with Gasteiger partial charge in [-0.15, -0.1) is 0 Å². The molecule has 0 aliphatic rings. The molecule has 0 bridgehead atoms. The first-order valence-corrected chi connectivity index (χ1v) is 4.13. The zero-order valence-corrected chi connectivity index (χ0v) is 9.14. The fraction of sp³-hybridized carbons (Fsp3) is 0.143. The molecule has 2 nitrogen and oxygen atoms in total. The Morgan fingerprint density at radius 2 is 1.82 bits per heavy atom. The van der Waals surface area contributed by atoms with Crippen molar-refractivity contribution in [3.05, 3.63) is 35.9 Å². The molecule has 0 saturated heterocycles. The van der Waals surface area contributed by atoms with E-state index in [0.29, 0.717) is 0 Å². The van der Waals surface area contributed by atoms with Gasteiger partial charge in [-0.05, 0) is 5.56 Å². The predicted octanol–water partition coefficient (Wildman–Crippen LogP) is -1.93. The third kappa shape index (κ3) is 4.71. The maximum Gasteiger partial charge on any atom is 1.00 e. The molecule has 1 unspecified atom stereocenters. The van der Waals surface area contributed by atoms with Crippen LogP contribution in [0.5, 0.6) is 0 Å². The van der Waals surface area contributed by atoms with E-state index in [4.69, 9.17) is 0 Å². The zero-order chi connectivity index (χ0) is 7.40. The van der Waals surface area contributed by atoms with Gasteiger partial charge < -0.3 is 4.55 Å². The number of rotatable bonds is 2. The van der Waals surface area contributed by atoms with Crippen molar-refractivity contribution in [3.63, 3.8) is 0 Å². The fourth-order valence-electron chi connectivity index (χ4n) is 0.710. The van der Waals surface area contributed by atoms with E-state index in [1.54, 1.807) is 12.1 Å². The van der Waals surface area contributed by atoms with Crippen molar-refractivity contribution >= 4 is 11.1 Å². The minimum atomic E-state index is -1.97. The van der Waals surface area contributed by atoms with Gasteiger partial charge in [-0.1, -0.05) is 41.4 Å². The second-order valence-corrected chi connectivity index (χ2v) is 2.83. The van der Waals surface area contributed by atoms with Crippen LogP contribution in [0.15, 0.2) is 30.3 Å². The first-order chi connectivity index (χ1) is 4.79. The van der Waals surface area contributed by atoms with E-state index >= 15 is 0 Å². The monoisotopic (exact) mass is 178 g/mol. The van der Waals surface area contributed by atoms with Gasteiger partial charge in [-0.3, -0.25) is 4.21 Å². The van der Waals surface area contributed by atoms with Gasteiger partial charge >= 0.3 is 29.6 Å². The Labute approximate surface area is 90.6 Å². The van der Waals surface area contributed by atoms with Crippen molar-refractivity contribution in [2.24, 2.45) is 0 Å². The third-order valence-corrected chi connectivity index (χ3v) is 1.70. The van der Waals surface area contributed by atoms with Gasteiger partial charge in [0.05, 0.1) is 0 Å². The van der Waals surface area contributed by atoms with Crippen molar-refractivity contribution in [1.29, 1.82) is 0 Å². The van der Waals surface area contributed by atoms with E-state index in [1.807, 2.05) is 18.2 Å². The molecule has 0 radical (unpaired) electrons. The van der Waals surface area contributed by atoms with Gasteiger partial charge in [0.2, 0.25) is 0 Å². The molecular weight excluding hydrogens is 171 g/mol. The summed E-state index contributed by atoms with van der Waals surface area (Å²) in [6.45, 7) is 0. The Bertz CT molecular complexity index is 225. The third-order valence-electron chi connectivity index (χ3n) is 1.13. The topological polar surface area (TPSA) is 40.1 Å². The first-order valence-electron chi connectivity index (χ1n) is 2.89. The van der Waals surface area contributed by atoms with E-state index in [-0.39, 0.29) is 35.3 Å². The van der Waals surface area contributed by atoms with E-state index < -0.39 is 11.1 Å². The summed E-state index contributed by atoms with van der Waals surface area (Å²) in [5.41, 5.74) is 0.829. The van der Waals surface area contributed by atoms with E-state index in [0.717, 1.165) is 5.56 Å². The minimum Gasteiger partial charge on any atom is -0.772 e. The predicted molar refractivity (Wildman–Crippen MR) is 39.1 cm³/mol. The summed E-state index contributed by atoms with van der Waals surface area (Å²) in [5, 5.41) is 0. The van der Waals surface area contributed by atoms with Gasteiger partial charge in [0.15, 0.2) is 0 Å². The summed E-state index contributed by atoms with van der Waals surface area (Å²) in [6, 6.07) is 9.08. The van der Waals surface area contributed by atoms with Crippen LogP contribution in [0.3, 0.4) is 0 Å². The summed E-state index contributed by atoms with van der Waals surface area (Å²) < 4.78 is 20.3. The molecule has 11 heavy (non-hydrogen) atoms. The Morgan fingerprint density at radius 1 is 1.27 bits per heavy atom. The molecule has 0 N–H and O–H groups in total. The summed E-state index contributed by atoms with van der Waals surface area (Å²) in [6.07, 6.45) is 0. The molecule has 0 aliphatic heterocycles. The molecule has 4 heteroatoms. The van der Waals surface area contributed by atoms with Crippen LogP contribution in [0.1, 0.15) is 5.56 Å². The quantitative estimate of drug-likeness (QED) is 0.391. The molecule has 1 atom stereocenters. The molecule has 0 aliphatic carbocycles. The zero-order valence-electron chi connectivity index (χ0n) is 6.32. The molecule has 54 valence electrons. The Kier molecular flexibility index (Phi) is 6.09. The van der Waals surface area contributed by atoms with Crippen molar-refractivity contribution in [2.45, 2.75) is 5.75 Å². The van der Waals surface area contributed by atoms with Crippen molar-refractivity contribution in [1.82, 2.24) is 0 Å². The summed E-state index contributed by atoms with van der Waals surface area (Å²) >= 11 is -1.97. The Balaban J connectivity index is 0.000001000. The van der Waals surface area contributed by atoms with Crippen molar-refractivity contribution in [2.75, 3.05) is 0 Å². The number of hydrogen-bond acceptors (Lipinski definition) is 2. The van der Waals surface area contributed by atoms with Crippen LogP contribution in [0, 0.1) is 0 Å². The van der Waals surface area contributed by atoms with Gasteiger partial charge in [-0.2, -0.15) is 0 Å². The molecule has 1 aromatic carbocycles. The van der Waals surface area contributed by atoms with Crippen molar-refractivity contribution in [3.8, 4) is 0 Å². The molecule has 0 amide bonds. The van der Waals surface area contributed by atoms with Crippen LogP contribution in [-0.2, 0) is 16.8 Å². The maximum absolute atomic E-state index is 10.2. The fourth-order valence-corrected chi connectivity index (χ4v) is 1.17. The van der Waals surface area contributed by atoms with Crippen LogP contribution < -0.4 is 29.6 Å². The van der Waals surface area contributed by atoms with Gasteiger partial charge in [0.25, 0.3) is 0 Å². The molecule has 1 rings (SSSR count). The summed E-state index contributed by atoms with van der Waals surface area (Å²) in [7, 11) is 0.